The zero-order chi connectivity index (χ0) is 56.5. The van der Waals surface area contributed by atoms with Crippen LogP contribution in [0, 0.1) is 0 Å². The maximum Gasteiger partial charge on any atom is 0.261 e. The Labute approximate surface area is 468 Å². The highest BCUT2D eigenvalue weighted by atomic mass is 32.2. The van der Waals surface area contributed by atoms with E-state index in [-0.39, 0.29) is 85.7 Å². The number of para-hydroxylation sites is 2. The summed E-state index contributed by atoms with van der Waals surface area (Å²) in [5.41, 5.74) is 13.6. The van der Waals surface area contributed by atoms with E-state index < -0.39 is 21.8 Å². The van der Waals surface area contributed by atoms with Crippen molar-refractivity contribution in [2.24, 2.45) is 10.7 Å². The molecule has 422 valence electrons. The van der Waals surface area contributed by atoms with Crippen molar-refractivity contribution in [1.82, 2.24) is 4.90 Å². The van der Waals surface area contributed by atoms with Gasteiger partial charge in [-0.1, -0.05) is 36.4 Å². The third-order valence-electron chi connectivity index (χ3n) is 14.2. The molecule has 19 nitrogen and oxygen atoms in total. The number of ether oxygens (including phenoxy) is 7. The highest BCUT2D eigenvalue weighted by Crippen LogP contribution is 2.43. The van der Waals surface area contributed by atoms with Crippen LogP contribution < -0.4 is 44.9 Å². The molecule has 1 unspecified atom stereocenters. The van der Waals surface area contributed by atoms with E-state index in [2.05, 4.69) is 4.90 Å². The number of amides is 5. The monoisotopic (exact) mass is 1120 g/mol. The molecule has 1 saturated heterocycles. The topological polar surface area (TPSA) is 213 Å². The third-order valence-corrected chi connectivity index (χ3v) is 15.6. The second-order valence-electron chi connectivity index (χ2n) is 20.2. The van der Waals surface area contributed by atoms with E-state index in [0.717, 1.165) is 33.1 Å². The number of benzene rings is 5. The number of likely N-dealkylation sites (tertiary alicyclic amines) is 1. The Bertz CT molecular complexity index is 3160. The number of carbonyl (C=O) groups excluding carboxylic acids is 5. The van der Waals surface area contributed by atoms with Gasteiger partial charge in [0.15, 0.2) is 23.0 Å². The molecule has 5 aromatic rings. The normalized spacial score (nSPS) is 16.3. The van der Waals surface area contributed by atoms with E-state index in [1.165, 1.54) is 38.1 Å². The number of aliphatic imine (C=N–C) groups is 1. The van der Waals surface area contributed by atoms with Gasteiger partial charge in [0.05, 0.1) is 81.0 Å². The maximum atomic E-state index is 14.8. The molecule has 3 N–H and O–H groups in total. The van der Waals surface area contributed by atoms with Crippen LogP contribution in [0.3, 0.4) is 0 Å². The lowest BCUT2D eigenvalue weighted by atomic mass is 10.1. The van der Waals surface area contributed by atoms with E-state index in [1.807, 2.05) is 80.6 Å². The molecule has 0 aromatic heterocycles. The summed E-state index contributed by atoms with van der Waals surface area (Å²) in [6.07, 6.45) is 2.95. The Morgan fingerprint density at radius 3 is 2.16 bits per heavy atom. The minimum absolute atomic E-state index is 0.00652. The number of imide groups is 1. The number of hydrogen-bond acceptors (Lipinski definition) is 16. The van der Waals surface area contributed by atoms with Gasteiger partial charge >= 0.3 is 0 Å². The number of halogens is 1. The molecule has 5 aromatic carbocycles. The molecule has 0 spiro atoms. The second kappa shape index (κ2) is 25.6. The Kier molecular flexibility index (Phi) is 18.2. The lowest BCUT2D eigenvalue weighted by Gasteiger charge is -2.35. The average Bonchev–Trinajstić information content (AvgIpc) is 4.25. The molecule has 5 amide bonds. The molecule has 4 aliphatic rings. The predicted molar refractivity (Wildman–Crippen MR) is 303 cm³/mol. The van der Waals surface area contributed by atoms with Gasteiger partial charge in [0.2, 0.25) is 17.7 Å². The smallest absolute Gasteiger partial charge is 0.261 e. The number of rotatable bonds is 27. The Balaban J connectivity index is 1.02. The molecular formula is C59H66FN7O12S. The third kappa shape index (κ3) is 13.0. The Morgan fingerprint density at radius 1 is 0.800 bits per heavy atom. The molecule has 1 fully saturated rings. The average molecular weight is 1120 g/mol. The Morgan fingerprint density at radius 2 is 1.46 bits per heavy atom. The van der Waals surface area contributed by atoms with Crippen molar-refractivity contribution in [2.45, 2.75) is 68.8 Å². The van der Waals surface area contributed by atoms with Gasteiger partial charge in [-0.3, -0.25) is 38.8 Å². The first-order valence-corrected chi connectivity index (χ1v) is 27.3. The lowest BCUT2D eigenvalue weighted by Crippen LogP contribution is -2.41. The fraction of sp³-hybridized carbons (Fsp3) is 0.390. The largest absolute Gasteiger partial charge is 0.493 e. The molecule has 4 aliphatic heterocycles. The fourth-order valence-corrected chi connectivity index (χ4v) is 11.9. The van der Waals surface area contributed by atoms with Gasteiger partial charge in [-0.25, -0.2) is 5.54 Å². The number of hydrogen-bond donors (Lipinski definition) is 2. The van der Waals surface area contributed by atoms with Crippen molar-refractivity contribution in [3.63, 3.8) is 0 Å². The highest BCUT2D eigenvalue weighted by Gasteiger charge is 2.42. The molecule has 4 heterocycles. The van der Waals surface area contributed by atoms with Crippen molar-refractivity contribution in [3.8, 4) is 23.0 Å². The van der Waals surface area contributed by atoms with Crippen molar-refractivity contribution in [1.29, 1.82) is 0 Å². The van der Waals surface area contributed by atoms with E-state index in [9.17, 15) is 28.5 Å². The number of nitrogens with zero attached hydrogens (tertiary/aromatic N) is 5. The maximum absolute atomic E-state index is 14.8. The van der Waals surface area contributed by atoms with Crippen molar-refractivity contribution < 1.29 is 61.6 Å². The summed E-state index contributed by atoms with van der Waals surface area (Å²) in [7, 11) is 4.56. The van der Waals surface area contributed by atoms with Crippen molar-refractivity contribution in [3.05, 3.63) is 124 Å². The van der Waals surface area contributed by atoms with Crippen LogP contribution in [-0.4, -0.2) is 137 Å². The minimum atomic E-state index is -0.689. The summed E-state index contributed by atoms with van der Waals surface area (Å²) in [4.78, 5) is 77.9. The number of nitrogens with two attached hydrogens (primary N) is 1. The molecule has 0 bridgehead atoms. The van der Waals surface area contributed by atoms with Crippen molar-refractivity contribution in [2.75, 3.05) is 101 Å². The summed E-state index contributed by atoms with van der Waals surface area (Å²) in [5.74, 6) is -0.893. The van der Waals surface area contributed by atoms with Crippen LogP contribution in [0.5, 0.6) is 23.0 Å². The van der Waals surface area contributed by atoms with Crippen LogP contribution in [0.2, 0.25) is 0 Å². The molecular weight excluding hydrogens is 1050 g/mol. The number of thioether (sulfide) groups is 1. The molecule has 0 radical (unpaired) electrons. The van der Waals surface area contributed by atoms with E-state index in [1.54, 1.807) is 40.8 Å². The lowest BCUT2D eigenvalue weighted by molar-refractivity contribution is -0.138. The van der Waals surface area contributed by atoms with Gasteiger partial charge in [0, 0.05) is 92.7 Å². The quantitative estimate of drug-likeness (QED) is 0.0294. The summed E-state index contributed by atoms with van der Waals surface area (Å²) in [6, 6.07) is 27.2. The second-order valence-corrected chi connectivity index (χ2v) is 22.2. The molecule has 21 heteroatoms. The molecule has 2 atom stereocenters. The first-order valence-electron chi connectivity index (χ1n) is 26.4. The molecule has 0 saturated carbocycles. The SMILES string of the molecule is COCCOCCOCCN(CC(C)(C)SC1CC(=O)N(CCC(N)=O)C1=O)c1cc(COc2cc3c(cc2OC)C(=O)N2c4ccccc4C[C@H]2C=N3)cc(COc2cc(NF)c(C(=O)N3CCc4ccccc43)cc2OC)c1. The van der Waals surface area contributed by atoms with E-state index >= 15 is 0 Å². The first kappa shape index (κ1) is 57.0. The Hall–Kier alpha value is -7.72. The molecule has 0 aliphatic carbocycles. The van der Waals surface area contributed by atoms with Gasteiger partial charge < -0.3 is 48.7 Å². The predicted octanol–water partition coefficient (Wildman–Crippen LogP) is 7.65. The zero-order valence-electron chi connectivity index (χ0n) is 45.5. The standard InChI is InChI=1S/C59H66FN7O12S/c1-59(2,80-53-32-55(69)66(58(53)72)17-15-54(61)68)36-64(18-19-76-22-23-77-21-20-73-3)41-25-37(34-78-51-30-45-43(28-49(51)74-4)57(71)67-42(33-62-45)27-40-11-7-9-13-48(40)67)24-38(26-41)35-79-52-31-46(63-60)44(29-50(52)75-5)56(70)65-16-14-39-10-6-8-12-47(39)65/h6-13,24-26,28-31,33,42,53,63H,14-23,27,32,34-36H2,1-5H3,(H2,61,68)/t42-,53?/m0/s1. The van der Waals surface area contributed by atoms with Crippen LogP contribution in [-0.2, 0) is 54.6 Å². The van der Waals surface area contributed by atoms with Crippen LogP contribution >= 0.6 is 11.8 Å². The van der Waals surface area contributed by atoms with Gasteiger partial charge in [0.1, 0.15) is 13.2 Å². The van der Waals surface area contributed by atoms with E-state index in [4.69, 9.17) is 43.9 Å². The van der Waals surface area contributed by atoms with Gasteiger partial charge in [-0.05, 0) is 85.0 Å². The van der Waals surface area contributed by atoms with Crippen LogP contribution in [0.1, 0.15) is 69.7 Å². The van der Waals surface area contributed by atoms with Gasteiger partial charge in [-0.15, -0.1) is 16.2 Å². The molecule has 80 heavy (non-hydrogen) atoms. The number of nitrogens with one attached hydrogen (secondary N) is 1. The van der Waals surface area contributed by atoms with E-state index in [0.29, 0.717) is 92.8 Å². The summed E-state index contributed by atoms with van der Waals surface area (Å²) >= 11 is 1.37. The summed E-state index contributed by atoms with van der Waals surface area (Å²) in [6.45, 7) is 6.86. The number of anilines is 4. The highest BCUT2D eigenvalue weighted by molar-refractivity contribution is 8.02. The van der Waals surface area contributed by atoms with Crippen LogP contribution in [0.15, 0.2) is 96.0 Å². The summed E-state index contributed by atoms with van der Waals surface area (Å²) < 4.78 is 55.6. The van der Waals surface area contributed by atoms with Gasteiger partial charge in [0.25, 0.3) is 11.8 Å². The summed E-state index contributed by atoms with van der Waals surface area (Å²) in [5, 5.41) is -0.689. The van der Waals surface area contributed by atoms with Crippen molar-refractivity contribution >= 4 is 75.9 Å². The van der Waals surface area contributed by atoms with Crippen LogP contribution in [0.25, 0.3) is 0 Å². The van der Waals surface area contributed by atoms with Gasteiger partial charge in [-0.2, -0.15) is 0 Å². The molecule has 9 rings (SSSR count). The fourth-order valence-electron chi connectivity index (χ4n) is 10.4. The first-order chi connectivity index (χ1) is 38.7. The number of primary amides is 1. The number of methoxy groups -OCH3 is 3. The minimum Gasteiger partial charge on any atom is -0.493 e. The van der Waals surface area contributed by atoms with Crippen LogP contribution in [0.4, 0.5) is 32.9 Å². The number of fused-ring (bicyclic) bond motifs is 5. The zero-order valence-corrected chi connectivity index (χ0v) is 46.3. The number of carbonyl (C=O) groups is 5.